The molecule has 0 radical (unpaired) electrons. The molecular formula is C19H30N2O. The highest BCUT2D eigenvalue weighted by atomic mass is 16.5. The number of unbranched alkanes of at least 4 members (excludes halogenated alkanes) is 1. The van der Waals surface area contributed by atoms with Crippen LogP contribution in [-0.2, 0) is 4.74 Å². The summed E-state index contributed by atoms with van der Waals surface area (Å²) in [4.78, 5) is 4.21. The minimum Gasteiger partial charge on any atom is -0.431 e. The first-order valence-corrected chi connectivity index (χ1v) is 8.07. The van der Waals surface area contributed by atoms with Crippen LogP contribution in [0.25, 0.3) is 0 Å². The average Bonchev–Trinajstić information content (AvgIpc) is 2.48. The van der Waals surface area contributed by atoms with E-state index in [4.69, 9.17) is 4.74 Å². The van der Waals surface area contributed by atoms with Crippen LogP contribution < -0.4 is 5.32 Å². The molecule has 122 valence electrons. The lowest BCUT2D eigenvalue weighted by Gasteiger charge is -2.19. The van der Waals surface area contributed by atoms with Gasteiger partial charge in [-0.15, -0.1) is 0 Å². The van der Waals surface area contributed by atoms with E-state index < -0.39 is 0 Å². The lowest BCUT2D eigenvalue weighted by Crippen LogP contribution is -2.19. The van der Waals surface area contributed by atoms with Crippen molar-refractivity contribution < 1.29 is 4.74 Å². The van der Waals surface area contributed by atoms with Crippen LogP contribution in [0.4, 0.5) is 5.69 Å². The minimum absolute atomic E-state index is 0.332. The summed E-state index contributed by atoms with van der Waals surface area (Å²) in [6.07, 6.45) is 3.47. The van der Waals surface area contributed by atoms with Gasteiger partial charge in [0.15, 0.2) is 0 Å². The number of allylic oxidation sites excluding steroid dienone is 1. The van der Waals surface area contributed by atoms with Crippen molar-refractivity contribution in [3.63, 3.8) is 0 Å². The van der Waals surface area contributed by atoms with E-state index >= 15 is 0 Å². The van der Waals surface area contributed by atoms with E-state index in [-0.39, 0.29) is 0 Å². The lowest BCUT2D eigenvalue weighted by atomic mass is 10.0. The number of nitrogens with zero attached hydrogens (tertiary/aromatic N) is 1. The Bertz CT molecular complexity index is 547. The smallest absolute Gasteiger partial charge is 0.294 e. The molecule has 1 atom stereocenters. The van der Waals surface area contributed by atoms with Gasteiger partial charge in [-0.05, 0) is 49.9 Å². The van der Waals surface area contributed by atoms with Gasteiger partial charge >= 0.3 is 0 Å². The molecule has 0 aliphatic rings. The van der Waals surface area contributed by atoms with E-state index in [1.54, 1.807) is 7.05 Å². The van der Waals surface area contributed by atoms with Crippen LogP contribution in [0.15, 0.2) is 29.5 Å². The van der Waals surface area contributed by atoms with Crippen LogP contribution in [-0.4, -0.2) is 13.1 Å². The Hall–Kier alpha value is -1.77. The summed E-state index contributed by atoms with van der Waals surface area (Å²) in [6.45, 7) is 14.7. The Kier molecular flexibility index (Phi) is 7.16. The summed E-state index contributed by atoms with van der Waals surface area (Å²) < 4.78 is 5.84. The van der Waals surface area contributed by atoms with E-state index in [0.717, 1.165) is 17.9 Å². The zero-order chi connectivity index (χ0) is 16.7. The fraction of sp³-hybridized carbons (Fsp3) is 0.526. The molecule has 0 heterocycles. The quantitative estimate of drug-likeness (QED) is 0.435. The second-order valence-electron chi connectivity index (χ2n) is 6.02. The minimum atomic E-state index is 0.332. The normalized spacial score (nSPS) is 12.9. The van der Waals surface area contributed by atoms with Crippen molar-refractivity contribution in [1.82, 2.24) is 0 Å². The maximum atomic E-state index is 5.84. The van der Waals surface area contributed by atoms with Gasteiger partial charge in [-0.25, -0.2) is 4.99 Å². The Balaban J connectivity index is 2.77. The van der Waals surface area contributed by atoms with E-state index in [9.17, 15) is 0 Å². The molecule has 1 unspecified atom stereocenters. The fourth-order valence-electron chi connectivity index (χ4n) is 2.31. The number of rotatable bonds is 6. The molecule has 0 aromatic heterocycles. The predicted molar refractivity (Wildman–Crippen MR) is 96.5 cm³/mol. The van der Waals surface area contributed by atoms with Crippen molar-refractivity contribution in [3.8, 4) is 0 Å². The molecule has 3 nitrogen and oxygen atoms in total. The average molecular weight is 302 g/mol. The number of ether oxygens (including phenoxy) is 1. The van der Waals surface area contributed by atoms with Crippen LogP contribution in [0.3, 0.4) is 0 Å². The Morgan fingerprint density at radius 2 is 2.00 bits per heavy atom. The first-order valence-electron chi connectivity index (χ1n) is 8.07. The molecule has 1 aromatic rings. The van der Waals surface area contributed by atoms with E-state index in [0.29, 0.717) is 11.9 Å². The molecule has 1 N–H and O–H groups in total. The van der Waals surface area contributed by atoms with Gasteiger partial charge in [0, 0.05) is 18.7 Å². The van der Waals surface area contributed by atoms with Crippen molar-refractivity contribution in [1.29, 1.82) is 0 Å². The number of aryl methyl sites for hydroxylation is 2. The SMILES string of the molecule is C=C(O/C(=N\C)Nc1cc(C)cc(C)c1C)C(C)CCCC. The summed E-state index contributed by atoms with van der Waals surface area (Å²) in [6, 6.07) is 4.79. The van der Waals surface area contributed by atoms with Gasteiger partial charge in [0.25, 0.3) is 6.02 Å². The van der Waals surface area contributed by atoms with E-state index in [1.807, 2.05) is 0 Å². The Morgan fingerprint density at radius 3 is 2.59 bits per heavy atom. The molecule has 0 saturated heterocycles. The fourth-order valence-corrected chi connectivity index (χ4v) is 2.31. The highest BCUT2D eigenvalue weighted by molar-refractivity contribution is 5.90. The van der Waals surface area contributed by atoms with Gasteiger partial charge in [-0.1, -0.05) is 39.3 Å². The predicted octanol–water partition coefficient (Wildman–Crippen LogP) is 5.37. The third-order valence-corrected chi connectivity index (χ3v) is 4.02. The molecule has 0 spiro atoms. The molecule has 0 amide bonds. The van der Waals surface area contributed by atoms with Gasteiger partial charge in [0.05, 0.1) is 0 Å². The standard InChI is InChI=1S/C19H30N2O/c1-8-9-10-14(3)17(6)22-19(20-7)21-18-12-13(2)11-15(4)16(18)5/h11-12,14H,6,8-10H2,1-5,7H3,(H,20,21). The molecule has 0 aliphatic heterocycles. The van der Waals surface area contributed by atoms with Crippen molar-refractivity contribution in [2.45, 2.75) is 53.9 Å². The van der Waals surface area contributed by atoms with Gasteiger partial charge < -0.3 is 10.1 Å². The highest BCUT2D eigenvalue weighted by Crippen LogP contribution is 2.22. The summed E-state index contributed by atoms with van der Waals surface area (Å²) in [5.41, 5.74) is 4.72. The summed E-state index contributed by atoms with van der Waals surface area (Å²) in [5.74, 6) is 1.10. The summed E-state index contributed by atoms with van der Waals surface area (Å²) >= 11 is 0. The largest absolute Gasteiger partial charge is 0.431 e. The molecule has 3 heteroatoms. The maximum Gasteiger partial charge on any atom is 0.294 e. The van der Waals surface area contributed by atoms with Gasteiger partial charge in [-0.2, -0.15) is 0 Å². The Morgan fingerprint density at radius 1 is 1.32 bits per heavy atom. The second kappa shape index (κ2) is 8.62. The monoisotopic (exact) mass is 302 g/mol. The maximum absolute atomic E-state index is 5.84. The van der Waals surface area contributed by atoms with Crippen LogP contribution in [0.1, 0.15) is 49.8 Å². The molecule has 0 aliphatic carbocycles. The molecule has 1 aromatic carbocycles. The number of nitrogens with one attached hydrogen (secondary N) is 1. The number of benzene rings is 1. The van der Waals surface area contributed by atoms with Crippen LogP contribution >= 0.6 is 0 Å². The molecule has 0 saturated carbocycles. The van der Waals surface area contributed by atoms with Crippen molar-refractivity contribution in [2.75, 3.05) is 12.4 Å². The van der Waals surface area contributed by atoms with Gasteiger partial charge in [0.1, 0.15) is 5.76 Å². The number of aliphatic imine (C=N–C) groups is 1. The number of hydrogen-bond acceptors (Lipinski definition) is 2. The highest BCUT2D eigenvalue weighted by Gasteiger charge is 2.12. The Labute approximate surface area is 135 Å². The summed E-state index contributed by atoms with van der Waals surface area (Å²) in [5, 5.41) is 3.29. The second-order valence-corrected chi connectivity index (χ2v) is 6.02. The molecule has 1 rings (SSSR count). The summed E-state index contributed by atoms with van der Waals surface area (Å²) in [7, 11) is 1.73. The lowest BCUT2D eigenvalue weighted by molar-refractivity contribution is 0.335. The zero-order valence-electron chi connectivity index (χ0n) is 14.9. The number of anilines is 1. The van der Waals surface area contributed by atoms with E-state index in [2.05, 4.69) is 63.6 Å². The van der Waals surface area contributed by atoms with Crippen molar-refractivity contribution in [3.05, 3.63) is 41.2 Å². The molecule has 0 fully saturated rings. The van der Waals surface area contributed by atoms with Crippen molar-refractivity contribution >= 4 is 11.7 Å². The third kappa shape index (κ3) is 5.21. The van der Waals surface area contributed by atoms with E-state index in [1.165, 1.54) is 29.5 Å². The molecule has 22 heavy (non-hydrogen) atoms. The van der Waals surface area contributed by atoms with Crippen LogP contribution in [0.2, 0.25) is 0 Å². The number of amidine groups is 1. The van der Waals surface area contributed by atoms with Crippen molar-refractivity contribution in [2.24, 2.45) is 10.9 Å². The van der Waals surface area contributed by atoms with Crippen LogP contribution in [0, 0.1) is 26.7 Å². The number of hydrogen-bond donors (Lipinski definition) is 1. The van der Waals surface area contributed by atoms with Crippen LogP contribution in [0.5, 0.6) is 0 Å². The topological polar surface area (TPSA) is 33.6 Å². The van der Waals surface area contributed by atoms with Gasteiger partial charge in [0.2, 0.25) is 0 Å². The first kappa shape index (κ1) is 18.3. The first-order chi connectivity index (χ1) is 10.4. The van der Waals surface area contributed by atoms with Gasteiger partial charge in [-0.3, -0.25) is 0 Å². The molecular weight excluding hydrogens is 272 g/mol. The zero-order valence-corrected chi connectivity index (χ0v) is 14.9. The third-order valence-electron chi connectivity index (χ3n) is 4.02. The molecule has 0 bridgehead atoms.